The summed E-state index contributed by atoms with van der Waals surface area (Å²) in [5, 5.41) is 0. The molecule has 0 aliphatic carbocycles. The Bertz CT molecular complexity index is 273. The quantitative estimate of drug-likeness (QED) is 0.352. The third-order valence-electron chi connectivity index (χ3n) is 1.51. The van der Waals surface area contributed by atoms with Crippen LogP contribution in [0.4, 0.5) is 0 Å². The molecule has 68 valence electrons. The van der Waals surface area contributed by atoms with E-state index in [9.17, 15) is 9.59 Å². The molecule has 0 aromatic heterocycles. The van der Waals surface area contributed by atoms with Crippen molar-refractivity contribution in [2.45, 2.75) is 6.92 Å². The molecule has 0 bridgehead atoms. The predicted molar refractivity (Wildman–Crippen MR) is 45.6 cm³/mol. The molecule has 0 saturated carbocycles. The summed E-state index contributed by atoms with van der Waals surface area (Å²) in [5.41, 5.74) is -0.559. The van der Waals surface area contributed by atoms with Gasteiger partial charge in [0.2, 0.25) is 18.7 Å². The maximum Gasteiger partial charge on any atom is 0.234 e. The van der Waals surface area contributed by atoms with E-state index in [4.69, 9.17) is 6.57 Å². The summed E-state index contributed by atoms with van der Waals surface area (Å²) in [4.78, 5) is 29.6. The van der Waals surface area contributed by atoms with Gasteiger partial charge >= 0.3 is 0 Å². The minimum atomic E-state index is -0.559. The smallest absolute Gasteiger partial charge is 0.234 e. The van der Waals surface area contributed by atoms with E-state index in [1.165, 1.54) is 12.2 Å². The molecular formula is C8H9N3O2. The van der Waals surface area contributed by atoms with Gasteiger partial charge < -0.3 is 4.85 Å². The van der Waals surface area contributed by atoms with Gasteiger partial charge in [0.25, 0.3) is 0 Å². The molecule has 13 heavy (non-hydrogen) atoms. The molecule has 0 heterocycles. The zero-order chi connectivity index (χ0) is 10.2. The third-order valence-corrected chi connectivity index (χ3v) is 1.51. The summed E-state index contributed by atoms with van der Waals surface area (Å²) in [5.74, 6) is 0. The minimum absolute atomic E-state index is 0.157. The molecule has 0 fully saturated rings. The average molecular weight is 179 g/mol. The van der Waals surface area contributed by atoms with Crippen LogP contribution < -0.4 is 0 Å². The van der Waals surface area contributed by atoms with E-state index < -0.39 is 5.41 Å². The molecule has 5 nitrogen and oxygen atoms in total. The normalized spacial score (nSPS) is 12.9. The van der Waals surface area contributed by atoms with E-state index in [0.717, 1.165) is 0 Å². The van der Waals surface area contributed by atoms with Gasteiger partial charge in [-0.25, -0.2) is 26.1 Å². The lowest BCUT2D eigenvalue weighted by molar-refractivity contribution is 0.382. The second-order valence-corrected chi connectivity index (χ2v) is 2.94. The van der Waals surface area contributed by atoms with Crippen molar-refractivity contribution in [2.75, 3.05) is 19.6 Å². The summed E-state index contributed by atoms with van der Waals surface area (Å²) in [6, 6.07) is 0. The fourth-order valence-corrected chi connectivity index (χ4v) is 0.787. The Labute approximate surface area is 76.0 Å². The van der Waals surface area contributed by atoms with E-state index in [2.05, 4.69) is 14.8 Å². The van der Waals surface area contributed by atoms with Gasteiger partial charge in [-0.15, -0.1) is 0 Å². The van der Waals surface area contributed by atoms with Crippen molar-refractivity contribution in [1.29, 1.82) is 0 Å². The van der Waals surface area contributed by atoms with Gasteiger partial charge in [0.15, 0.2) is 0 Å². The highest BCUT2D eigenvalue weighted by molar-refractivity contribution is 5.34. The molecule has 0 saturated heterocycles. The number of isocyanates is 2. The van der Waals surface area contributed by atoms with Gasteiger partial charge in [-0.3, -0.25) is 0 Å². The van der Waals surface area contributed by atoms with E-state index in [1.807, 2.05) is 0 Å². The van der Waals surface area contributed by atoms with E-state index in [1.54, 1.807) is 6.92 Å². The van der Waals surface area contributed by atoms with E-state index in [-0.39, 0.29) is 19.6 Å². The van der Waals surface area contributed by atoms with Crippen molar-refractivity contribution in [3.05, 3.63) is 11.4 Å². The van der Waals surface area contributed by atoms with Gasteiger partial charge in [0, 0.05) is 0 Å². The summed E-state index contributed by atoms with van der Waals surface area (Å²) in [6.07, 6.45) is 2.78. The highest BCUT2D eigenvalue weighted by Crippen LogP contribution is 2.17. The van der Waals surface area contributed by atoms with Gasteiger partial charge in [-0.2, -0.15) is 0 Å². The fraction of sp³-hybridized carbons (Fsp3) is 0.625. The second kappa shape index (κ2) is 5.84. The first-order chi connectivity index (χ1) is 6.18. The Morgan fingerprint density at radius 2 is 1.77 bits per heavy atom. The van der Waals surface area contributed by atoms with Crippen LogP contribution in [0.15, 0.2) is 9.98 Å². The van der Waals surface area contributed by atoms with Crippen molar-refractivity contribution in [1.82, 2.24) is 0 Å². The van der Waals surface area contributed by atoms with Crippen molar-refractivity contribution in [3.63, 3.8) is 0 Å². The number of carbonyl (C=O) groups excluding carboxylic acids is 2. The van der Waals surface area contributed by atoms with E-state index >= 15 is 0 Å². The SMILES string of the molecule is [C-]#[N+]CC(C)(CN=C=O)CN=C=O. The molecule has 0 aromatic carbocycles. The van der Waals surface area contributed by atoms with Crippen LogP contribution in [0.2, 0.25) is 0 Å². The van der Waals surface area contributed by atoms with Crippen molar-refractivity contribution < 1.29 is 9.59 Å². The van der Waals surface area contributed by atoms with Crippen LogP contribution in [0.1, 0.15) is 6.92 Å². The van der Waals surface area contributed by atoms with Gasteiger partial charge in [0.1, 0.15) is 0 Å². The minimum Gasteiger partial charge on any atom is -0.316 e. The van der Waals surface area contributed by atoms with Crippen LogP contribution in [-0.4, -0.2) is 31.8 Å². The Morgan fingerprint density at radius 3 is 2.08 bits per heavy atom. The molecule has 0 rings (SSSR count). The highest BCUT2D eigenvalue weighted by atomic mass is 16.1. The summed E-state index contributed by atoms with van der Waals surface area (Å²) < 4.78 is 0. The number of nitrogens with zero attached hydrogens (tertiary/aromatic N) is 3. The monoisotopic (exact) mass is 179 g/mol. The lowest BCUT2D eigenvalue weighted by atomic mass is 9.91. The van der Waals surface area contributed by atoms with Crippen LogP contribution in [0.3, 0.4) is 0 Å². The summed E-state index contributed by atoms with van der Waals surface area (Å²) in [6.45, 7) is 8.89. The Morgan fingerprint density at radius 1 is 1.31 bits per heavy atom. The highest BCUT2D eigenvalue weighted by Gasteiger charge is 2.27. The molecule has 0 amide bonds. The molecule has 0 aliphatic heterocycles. The molecule has 0 unspecified atom stereocenters. The first-order valence-electron chi connectivity index (χ1n) is 3.59. The zero-order valence-corrected chi connectivity index (χ0v) is 7.28. The van der Waals surface area contributed by atoms with Crippen molar-refractivity contribution in [3.8, 4) is 0 Å². The molecule has 5 heteroatoms. The molecule has 0 aliphatic rings. The maximum absolute atomic E-state index is 9.85. The van der Waals surface area contributed by atoms with Gasteiger partial charge in [0.05, 0.1) is 18.5 Å². The molecule has 0 aromatic rings. The topological polar surface area (TPSA) is 63.2 Å². The van der Waals surface area contributed by atoms with Crippen LogP contribution >= 0.6 is 0 Å². The van der Waals surface area contributed by atoms with Crippen molar-refractivity contribution in [2.24, 2.45) is 15.4 Å². The molecular weight excluding hydrogens is 170 g/mol. The third kappa shape index (κ3) is 4.65. The number of hydrogen-bond acceptors (Lipinski definition) is 4. The maximum atomic E-state index is 9.85. The Kier molecular flexibility index (Phi) is 5.06. The lowest BCUT2D eigenvalue weighted by Crippen LogP contribution is -2.27. The van der Waals surface area contributed by atoms with Crippen LogP contribution in [0.25, 0.3) is 4.85 Å². The number of aliphatic imine (C=N–C) groups is 2. The van der Waals surface area contributed by atoms with E-state index in [0.29, 0.717) is 0 Å². The Balaban J connectivity index is 4.41. The van der Waals surface area contributed by atoms with Gasteiger partial charge in [-0.1, -0.05) is 0 Å². The van der Waals surface area contributed by atoms with Crippen LogP contribution in [0.5, 0.6) is 0 Å². The summed E-state index contributed by atoms with van der Waals surface area (Å²) >= 11 is 0. The molecule has 0 N–H and O–H groups in total. The largest absolute Gasteiger partial charge is 0.316 e. The predicted octanol–water partition coefficient (Wildman–Crippen LogP) is 0.584. The van der Waals surface area contributed by atoms with Gasteiger partial charge in [-0.05, 0) is 6.92 Å². The lowest BCUT2D eigenvalue weighted by Gasteiger charge is -2.16. The van der Waals surface area contributed by atoms with Crippen LogP contribution in [-0.2, 0) is 9.59 Å². The summed E-state index contributed by atoms with van der Waals surface area (Å²) in [7, 11) is 0. The number of hydrogen-bond donors (Lipinski definition) is 0. The first kappa shape index (κ1) is 11.2. The molecule has 0 atom stereocenters. The number of rotatable bonds is 5. The first-order valence-corrected chi connectivity index (χ1v) is 3.59. The average Bonchev–Trinajstić information content (AvgIpc) is 2.12. The standard InChI is InChI=1S/C8H9N3O2/c1-8(3-9-2,4-10-6-12)5-11-7-13/h3-5H2,1H3. The van der Waals surface area contributed by atoms with Crippen molar-refractivity contribution >= 4 is 12.2 Å². The Hall–Kier alpha value is -1.75. The molecule has 0 radical (unpaired) electrons. The molecule has 0 spiro atoms. The fourth-order valence-electron chi connectivity index (χ4n) is 0.787. The second-order valence-electron chi connectivity index (χ2n) is 2.94. The van der Waals surface area contributed by atoms with Crippen LogP contribution in [0, 0.1) is 12.0 Å². The zero-order valence-electron chi connectivity index (χ0n) is 7.28.